The van der Waals surface area contributed by atoms with Gasteiger partial charge < -0.3 is 15.2 Å². The minimum atomic E-state index is 0.514. The second kappa shape index (κ2) is 8.21. The van der Waals surface area contributed by atoms with Crippen LogP contribution in [0.5, 0.6) is 11.5 Å². The van der Waals surface area contributed by atoms with Gasteiger partial charge >= 0.3 is 0 Å². The Labute approximate surface area is 129 Å². The first-order valence-electron chi connectivity index (χ1n) is 6.57. The third-order valence-corrected chi connectivity index (χ3v) is 3.40. The van der Waals surface area contributed by atoms with Gasteiger partial charge in [-0.25, -0.2) is 4.99 Å². The molecule has 2 N–H and O–H groups in total. The van der Waals surface area contributed by atoms with Gasteiger partial charge in [0.25, 0.3) is 0 Å². The number of thioether (sulfide) groups is 1. The van der Waals surface area contributed by atoms with Crippen LogP contribution in [0.2, 0.25) is 0 Å². The number of ether oxygens (including phenoxy) is 2. The highest BCUT2D eigenvalue weighted by Crippen LogP contribution is 2.20. The van der Waals surface area contributed by atoms with Crippen molar-refractivity contribution in [2.75, 3.05) is 19.5 Å². The van der Waals surface area contributed by atoms with Gasteiger partial charge in [-0.3, -0.25) is 0 Å². The molecule has 4 nitrogen and oxygen atoms in total. The predicted molar refractivity (Wildman–Crippen MR) is 88.7 cm³/mol. The van der Waals surface area contributed by atoms with Gasteiger partial charge in [-0.2, -0.15) is 0 Å². The largest absolute Gasteiger partial charge is 0.497 e. The molecule has 0 atom stereocenters. The summed E-state index contributed by atoms with van der Waals surface area (Å²) in [6.45, 7) is 0.586. The molecule has 0 aliphatic rings. The Balaban J connectivity index is 1.78. The lowest BCUT2D eigenvalue weighted by atomic mass is 10.3. The Hall–Kier alpha value is -2.14. The normalized spacial score (nSPS) is 11.2. The second-order valence-electron chi connectivity index (χ2n) is 4.16. The quantitative estimate of drug-likeness (QED) is 0.504. The number of nitrogens with zero attached hydrogens (tertiary/aromatic N) is 1. The third-order valence-electron chi connectivity index (χ3n) is 2.64. The van der Waals surface area contributed by atoms with Crippen LogP contribution in [-0.4, -0.2) is 24.6 Å². The molecule has 0 saturated carbocycles. The van der Waals surface area contributed by atoms with E-state index in [9.17, 15) is 0 Å². The molecule has 0 saturated heterocycles. The molecule has 2 aromatic carbocycles. The zero-order chi connectivity index (χ0) is 14.9. The molecule has 0 fully saturated rings. The van der Waals surface area contributed by atoms with E-state index in [-0.39, 0.29) is 0 Å². The van der Waals surface area contributed by atoms with Crippen molar-refractivity contribution in [3.05, 3.63) is 54.6 Å². The third kappa shape index (κ3) is 5.39. The van der Waals surface area contributed by atoms with Crippen molar-refractivity contribution < 1.29 is 9.47 Å². The highest BCUT2D eigenvalue weighted by Gasteiger charge is 1.98. The maximum Gasteiger partial charge on any atom is 0.159 e. The van der Waals surface area contributed by atoms with Gasteiger partial charge in [-0.05, 0) is 24.3 Å². The first-order chi connectivity index (χ1) is 10.3. The molecular formula is C16H18N2O2S. The van der Waals surface area contributed by atoms with Crippen LogP contribution < -0.4 is 15.2 Å². The maximum atomic E-state index is 5.89. The van der Waals surface area contributed by atoms with Crippen LogP contribution in [0.3, 0.4) is 0 Å². The zero-order valence-electron chi connectivity index (χ0n) is 11.9. The van der Waals surface area contributed by atoms with Crippen molar-refractivity contribution >= 4 is 22.6 Å². The van der Waals surface area contributed by atoms with Gasteiger partial charge in [-0.1, -0.05) is 36.0 Å². The average Bonchev–Trinajstić information content (AvgIpc) is 2.53. The summed E-state index contributed by atoms with van der Waals surface area (Å²) in [6, 6.07) is 17.2. The fourth-order valence-corrected chi connectivity index (χ4v) is 2.21. The Bertz CT molecular complexity index is 588. The van der Waals surface area contributed by atoms with Gasteiger partial charge in [-0.15, -0.1) is 0 Å². The van der Waals surface area contributed by atoms with Crippen LogP contribution in [0.25, 0.3) is 0 Å². The fraction of sp³-hybridized carbons (Fsp3) is 0.188. The smallest absolute Gasteiger partial charge is 0.159 e. The molecule has 110 valence electrons. The highest BCUT2D eigenvalue weighted by atomic mass is 32.2. The topological polar surface area (TPSA) is 56.8 Å². The maximum absolute atomic E-state index is 5.89. The first-order valence-corrected chi connectivity index (χ1v) is 7.55. The monoisotopic (exact) mass is 302 g/mol. The van der Waals surface area contributed by atoms with E-state index in [1.54, 1.807) is 7.11 Å². The lowest BCUT2D eigenvalue weighted by Crippen LogP contribution is -2.10. The van der Waals surface area contributed by atoms with Crippen molar-refractivity contribution in [1.82, 2.24) is 0 Å². The van der Waals surface area contributed by atoms with E-state index in [1.165, 1.54) is 11.8 Å². The summed E-state index contributed by atoms with van der Waals surface area (Å²) in [6.07, 6.45) is 0. The second-order valence-corrected chi connectivity index (χ2v) is 5.28. The Morgan fingerprint density at radius 1 is 1.10 bits per heavy atom. The number of hydrogen-bond acceptors (Lipinski definition) is 4. The lowest BCUT2D eigenvalue weighted by Gasteiger charge is -2.05. The molecule has 2 rings (SSSR count). The van der Waals surface area contributed by atoms with Gasteiger partial charge in [0.05, 0.1) is 19.4 Å². The van der Waals surface area contributed by atoms with E-state index in [2.05, 4.69) is 4.99 Å². The molecule has 21 heavy (non-hydrogen) atoms. The molecule has 0 aromatic heterocycles. The van der Waals surface area contributed by atoms with E-state index in [0.717, 1.165) is 22.9 Å². The molecule has 0 aliphatic heterocycles. The predicted octanol–water partition coefficient (Wildman–Crippen LogP) is 3.45. The number of amidine groups is 1. The van der Waals surface area contributed by atoms with Crippen LogP contribution in [-0.2, 0) is 0 Å². The number of nitrogens with two attached hydrogens (primary N) is 1. The van der Waals surface area contributed by atoms with Crippen molar-refractivity contribution in [1.29, 1.82) is 0 Å². The van der Waals surface area contributed by atoms with Gasteiger partial charge in [0, 0.05) is 11.8 Å². The molecule has 0 spiro atoms. The van der Waals surface area contributed by atoms with E-state index in [4.69, 9.17) is 15.2 Å². The van der Waals surface area contributed by atoms with Crippen LogP contribution >= 0.6 is 11.8 Å². The van der Waals surface area contributed by atoms with Gasteiger partial charge in [0.15, 0.2) is 5.17 Å². The van der Waals surface area contributed by atoms with E-state index >= 15 is 0 Å². The van der Waals surface area contributed by atoms with Crippen LogP contribution in [0.15, 0.2) is 59.6 Å². The molecular weight excluding hydrogens is 284 g/mol. The Kier molecular flexibility index (Phi) is 5.97. The molecule has 0 amide bonds. The SMILES string of the molecule is COc1cccc(N=C(N)SCCOc2ccccc2)c1. The molecule has 0 bridgehead atoms. The standard InChI is InChI=1S/C16H18N2O2S/c1-19-15-9-5-6-13(12-15)18-16(17)21-11-10-20-14-7-3-2-4-8-14/h2-9,12H,10-11H2,1H3,(H2,17,18). The summed E-state index contributed by atoms with van der Waals surface area (Å²) in [5.74, 6) is 2.37. The summed E-state index contributed by atoms with van der Waals surface area (Å²) < 4.78 is 10.7. The van der Waals surface area contributed by atoms with Crippen molar-refractivity contribution in [2.24, 2.45) is 10.7 Å². The molecule has 0 unspecified atom stereocenters. The number of aliphatic imine (C=N–C) groups is 1. The number of methoxy groups -OCH3 is 1. The minimum Gasteiger partial charge on any atom is -0.497 e. The van der Waals surface area contributed by atoms with Crippen molar-refractivity contribution in [3.8, 4) is 11.5 Å². The summed E-state index contributed by atoms with van der Waals surface area (Å²) in [7, 11) is 1.63. The van der Waals surface area contributed by atoms with Crippen molar-refractivity contribution in [2.45, 2.75) is 0 Å². The summed E-state index contributed by atoms with van der Waals surface area (Å²) in [5, 5.41) is 0.514. The number of benzene rings is 2. The van der Waals surface area contributed by atoms with E-state index in [1.807, 2.05) is 54.6 Å². The summed E-state index contributed by atoms with van der Waals surface area (Å²) in [4.78, 5) is 4.33. The molecule has 0 heterocycles. The molecule has 0 radical (unpaired) electrons. The molecule has 0 aliphatic carbocycles. The zero-order valence-corrected chi connectivity index (χ0v) is 12.7. The fourth-order valence-electron chi connectivity index (χ4n) is 1.66. The molecule has 5 heteroatoms. The van der Waals surface area contributed by atoms with Crippen LogP contribution in [0.4, 0.5) is 5.69 Å². The van der Waals surface area contributed by atoms with Crippen molar-refractivity contribution in [3.63, 3.8) is 0 Å². The Morgan fingerprint density at radius 3 is 2.62 bits per heavy atom. The number of rotatable bonds is 6. The van der Waals surface area contributed by atoms with Crippen LogP contribution in [0.1, 0.15) is 0 Å². The van der Waals surface area contributed by atoms with E-state index < -0.39 is 0 Å². The number of hydrogen-bond donors (Lipinski definition) is 1. The summed E-state index contributed by atoms with van der Waals surface area (Å²) in [5.41, 5.74) is 6.67. The minimum absolute atomic E-state index is 0.514. The van der Waals surface area contributed by atoms with Gasteiger partial charge in [0.2, 0.25) is 0 Å². The molecule has 2 aromatic rings. The van der Waals surface area contributed by atoms with E-state index in [0.29, 0.717) is 11.8 Å². The Morgan fingerprint density at radius 2 is 1.86 bits per heavy atom. The van der Waals surface area contributed by atoms with Gasteiger partial charge in [0.1, 0.15) is 11.5 Å². The average molecular weight is 302 g/mol. The first kappa shape index (κ1) is 15.3. The lowest BCUT2D eigenvalue weighted by molar-refractivity contribution is 0.344. The summed E-state index contributed by atoms with van der Waals surface area (Å²) >= 11 is 1.47. The van der Waals surface area contributed by atoms with Crippen LogP contribution in [0, 0.1) is 0 Å². The highest BCUT2D eigenvalue weighted by molar-refractivity contribution is 8.13. The number of para-hydroxylation sites is 1.